The monoisotopic (exact) mass is 555 g/mol. The normalized spacial score (nSPS) is 15.7. The first-order chi connectivity index (χ1) is 15.0. The van der Waals surface area contributed by atoms with Gasteiger partial charge in [-0.25, -0.2) is 9.38 Å². The molecule has 7 heteroatoms. The largest absolute Gasteiger partial charge is 0.381 e. The molecule has 3 rings (SSSR count). The van der Waals surface area contributed by atoms with E-state index in [-0.39, 0.29) is 35.8 Å². The molecule has 1 saturated heterocycles. The highest BCUT2D eigenvalue weighted by Crippen LogP contribution is 2.17. The topological polar surface area (TPSA) is 54.9 Å². The van der Waals surface area contributed by atoms with Crippen LogP contribution >= 0.6 is 24.0 Å². The first kappa shape index (κ1) is 26.5. The van der Waals surface area contributed by atoms with Gasteiger partial charge in [0.25, 0.3) is 0 Å². The van der Waals surface area contributed by atoms with Crippen molar-refractivity contribution in [2.45, 2.75) is 58.9 Å². The average Bonchev–Trinajstić information content (AvgIpc) is 2.79. The molecule has 0 spiro atoms. The predicted molar refractivity (Wildman–Crippen MR) is 138 cm³/mol. The number of nitrogens with zero attached hydrogens (tertiary/aromatic N) is 1. The second-order valence-corrected chi connectivity index (χ2v) is 8.01. The quantitative estimate of drug-likeness (QED) is 0.265. The second kappa shape index (κ2) is 13.7. The van der Waals surface area contributed by atoms with Gasteiger partial charge in [-0.2, -0.15) is 0 Å². The van der Waals surface area contributed by atoms with E-state index in [9.17, 15) is 4.39 Å². The molecule has 1 aliphatic heterocycles. The standard InChI is InChI=1S/C25H34FN3O2.HI/c1-4-27-25(29-19(3)22-10-5-18(2)24(26)15-22)28-16-20-6-8-21(9-7-20)17-31-23-11-13-30-14-12-23;/h5-10,15,19,23H,4,11-14,16-17H2,1-3H3,(H2,27,28,29);1H. The molecular weight excluding hydrogens is 520 g/mol. The van der Waals surface area contributed by atoms with E-state index < -0.39 is 0 Å². The zero-order valence-corrected chi connectivity index (χ0v) is 21.5. The van der Waals surface area contributed by atoms with Gasteiger partial charge in [0.15, 0.2) is 5.96 Å². The van der Waals surface area contributed by atoms with E-state index in [1.807, 2.05) is 19.9 Å². The molecular formula is C25H35FIN3O2. The number of ether oxygens (including phenoxy) is 2. The van der Waals surface area contributed by atoms with Crippen LogP contribution in [-0.2, 0) is 22.6 Å². The summed E-state index contributed by atoms with van der Waals surface area (Å²) in [5, 5.41) is 6.62. The Labute approximate surface area is 208 Å². The fourth-order valence-electron chi connectivity index (χ4n) is 3.45. The van der Waals surface area contributed by atoms with Crippen LogP contribution in [0.15, 0.2) is 47.5 Å². The van der Waals surface area contributed by atoms with Crippen LogP contribution in [0.4, 0.5) is 4.39 Å². The molecule has 0 amide bonds. The highest BCUT2D eigenvalue weighted by atomic mass is 127. The number of aliphatic imine (C=N–C) groups is 1. The third-order valence-electron chi connectivity index (χ3n) is 5.49. The van der Waals surface area contributed by atoms with Gasteiger partial charge in [-0.1, -0.05) is 36.4 Å². The summed E-state index contributed by atoms with van der Waals surface area (Å²) in [5.41, 5.74) is 3.83. The molecule has 5 nitrogen and oxygen atoms in total. The summed E-state index contributed by atoms with van der Waals surface area (Å²) in [6, 6.07) is 13.7. The lowest BCUT2D eigenvalue weighted by molar-refractivity contribution is -0.0390. The van der Waals surface area contributed by atoms with Crippen LogP contribution in [-0.4, -0.2) is 31.8 Å². The summed E-state index contributed by atoms with van der Waals surface area (Å²) < 4.78 is 25.3. The Morgan fingerprint density at radius 1 is 1.16 bits per heavy atom. The van der Waals surface area contributed by atoms with Crippen LogP contribution in [0.1, 0.15) is 55.0 Å². The number of nitrogens with one attached hydrogen (secondary N) is 2. The molecule has 1 atom stereocenters. The lowest BCUT2D eigenvalue weighted by atomic mass is 10.1. The van der Waals surface area contributed by atoms with Crippen LogP contribution in [0.25, 0.3) is 0 Å². The third kappa shape index (κ3) is 8.33. The van der Waals surface area contributed by atoms with Gasteiger partial charge in [0.1, 0.15) is 5.82 Å². The fraction of sp³-hybridized carbons (Fsp3) is 0.480. The first-order valence-electron chi connectivity index (χ1n) is 11.1. The smallest absolute Gasteiger partial charge is 0.192 e. The molecule has 0 aliphatic carbocycles. The zero-order valence-electron chi connectivity index (χ0n) is 19.2. The van der Waals surface area contributed by atoms with E-state index in [2.05, 4.69) is 34.9 Å². The van der Waals surface area contributed by atoms with E-state index >= 15 is 0 Å². The Bertz CT molecular complexity index is 855. The van der Waals surface area contributed by atoms with Crippen molar-refractivity contribution in [2.24, 2.45) is 4.99 Å². The van der Waals surface area contributed by atoms with Crippen molar-refractivity contribution in [1.82, 2.24) is 10.6 Å². The molecule has 0 saturated carbocycles. The first-order valence-corrected chi connectivity index (χ1v) is 11.1. The average molecular weight is 555 g/mol. The van der Waals surface area contributed by atoms with Crippen molar-refractivity contribution in [3.05, 3.63) is 70.5 Å². The van der Waals surface area contributed by atoms with Crippen LogP contribution in [0.3, 0.4) is 0 Å². The highest BCUT2D eigenvalue weighted by Gasteiger charge is 2.14. The van der Waals surface area contributed by atoms with Gasteiger partial charge < -0.3 is 20.1 Å². The molecule has 2 N–H and O–H groups in total. The number of aryl methyl sites for hydroxylation is 1. The minimum Gasteiger partial charge on any atom is -0.381 e. The van der Waals surface area contributed by atoms with Crippen molar-refractivity contribution < 1.29 is 13.9 Å². The van der Waals surface area contributed by atoms with Crippen LogP contribution in [0.2, 0.25) is 0 Å². The molecule has 2 aromatic rings. The van der Waals surface area contributed by atoms with Gasteiger partial charge in [0.05, 0.1) is 25.3 Å². The molecule has 2 aromatic carbocycles. The van der Waals surface area contributed by atoms with E-state index in [1.165, 1.54) is 5.56 Å². The number of hydrogen-bond acceptors (Lipinski definition) is 3. The Morgan fingerprint density at radius 2 is 1.84 bits per heavy atom. The Kier molecular flexibility index (Phi) is 11.4. The lowest BCUT2D eigenvalue weighted by Crippen LogP contribution is -2.38. The SMILES string of the molecule is CCNC(=NCc1ccc(COC2CCOCC2)cc1)NC(C)c1ccc(C)c(F)c1.I. The molecule has 1 unspecified atom stereocenters. The minimum atomic E-state index is -0.186. The van der Waals surface area contributed by atoms with Crippen molar-refractivity contribution in [2.75, 3.05) is 19.8 Å². The predicted octanol–water partition coefficient (Wildman–Crippen LogP) is 5.26. The van der Waals surface area contributed by atoms with Gasteiger partial charge in [0.2, 0.25) is 0 Å². The maximum absolute atomic E-state index is 13.9. The summed E-state index contributed by atoms with van der Waals surface area (Å²) in [7, 11) is 0. The van der Waals surface area contributed by atoms with Crippen molar-refractivity contribution in [3.63, 3.8) is 0 Å². The number of guanidine groups is 1. The Hall–Kier alpha value is -1.71. The van der Waals surface area contributed by atoms with Gasteiger partial charge in [-0.3, -0.25) is 0 Å². The molecule has 1 aliphatic rings. The summed E-state index contributed by atoms with van der Waals surface area (Å²) in [5.74, 6) is 0.525. The minimum absolute atomic E-state index is 0. The van der Waals surface area contributed by atoms with E-state index in [4.69, 9.17) is 14.5 Å². The Morgan fingerprint density at radius 3 is 2.50 bits per heavy atom. The molecule has 32 heavy (non-hydrogen) atoms. The molecule has 1 fully saturated rings. The van der Waals surface area contributed by atoms with Crippen LogP contribution < -0.4 is 10.6 Å². The van der Waals surface area contributed by atoms with Gasteiger partial charge in [-0.15, -0.1) is 24.0 Å². The number of hydrogen-bond donors (Lipinski definition) is 2. The van der Waals surface area contributed by atoms with E-state index in [0.29, 0.717) is 30.8 Å². The van der Waals surface area contributed by atoms with Crippen LogP contribution in [0, 0.1) is 12.7 Å². The summed E-state index contributed by atoms with van der Waals surface area (Å²) in [6.07, 6.45) is 2.25. The summed E-state index contributed by atoms with van der Waals surface area (Å²) in [6.45, 7) is 9.33. The third-order valence-corrected chi connectivity index (χ3v) is 5.49. The fourth-order valence-corrected chi connectivity index (χ4v) is 3.45. The van der Waals surface area contributed by atoms with Gasteiger partial charge >= 0.3 is 0 Å². The van der Waals surface area contributed by atoms with Gasteiger partial charge in [0, 0.05) is 19.8 Å². The summed E-state index contributed by atoms with van der Waals surface area (Å²) >= 11 is 0. The van der Waals surface area contributed by atoms with E-state index in [0.717, 1.165) is 43.7 Å². The van der Waals surface area contributed by atoms with Crippen molar-refractivity contribution in [3.8, 4) is 0 Å². The molecule has 0 aromatic heterocycles. The second-order valence-electron chi connectivity index (χ2n) is 8.01. The Balaban J connectivity index is 0.00000363. The maximum atomic E-state index is 13.9. The molecule has 1 heterocycles. The lowest BCUT2D eigenvalue weighted by Gasteiger charge is -2.22. The van der Waals surface area contributed by atoms with E-state index in [1.54, 1.807) is 19.1 Å². The summed E-state index contributed by atoms with van der Waals surface area (Å²) in [4.78, 5) is 4.69. The van der Waals surface area contributed by atoms with Crippen molar-refractivity contribution >= 4 is 29.9 Å². The maximum Gasteiger partial charge on any atom is 0.192 e. The highest BCUT2D eigenvalue weighted by molar-refractivity contribution is 14.0. The molecule has 0 radical (unpaired) electrons. The zero-order chi connectivity index (χ0) is 22.1. The number of benzene rings is 2. The number of rotatable bonds is 8. The van der Waals surface area contributed by atoms with Crippen molar-refractivity contribution in [1.29, 1.82) is 0 Å². The van der Waals surface area contributed by atoms with Crippen LogP contribution in [0.5, 0.6) is 0 Å². The molecule has 0 bridgehead atoms. The number of halogens is 2. The van der Waals surface area contributed by atoms with Gasteiger partial charge in [-0.05, 0) is 61.9 Å². The molecule has 176 valence electrons.